The van der Waals surface area contributed by atoms with Gasteiger partial charge in [-0.3, -0.25) is 4.31 Å². The van der Waals surface area contributed by atoms with E-state index in [2.05, 4.69) is 11.2 Å². The van der Waals surface area contributed by atoms with Gasteiger partial charge in [0.05, 0.1) is 17.8 Å². The number of fused-ring (bicyclic) bond motifs is 1. The second-order valence-electron chi connectivity index (χ2n) is 2.09. The molecule has 4 heteroatoms. The van der Waals surface area contributed by atoms with Crippen molar-refractivity contribution in [3.05, 3.63) is 24.2 Å². The topological polar surface area (TPSA) is 18.8 Å². The van der Waals surface area contributed by atoms with Gasteiger partial charge in [-0.15, -0.1) is 0 Å². The molecule has 0 aromatic rings. The average molecular weight is 153 g/mol. The van der Waals surface area contributed by atoms with Crippen molar-refractivity contribution < 1.29 is 0 Å². The van der Waals surface area contributed by atoms with Crippen LogP contribution in [0.25, 0.3) is 0 Å². The normalized spacial score (nSPS) is 21.5. The lowest BCUT2D eigenvalue weighted by Crippen LogP contribution is -2.10. The summed E-state index contributed by atoms with van der Waals surface area (Å²) in [6.45, 7) is 0. The summed E-state index contributed by atoms with van der Waals surface area (Å²) in [5, 5.41) is 0. The van der Waals surface area contributed by atoms with E-state index in [1.54, 1.807) is 24.7 Å². The molecule has 2 aliphatic heterocycles. The van der Waals surface area contributed by atoms with E-state index < -0.39 is 0 Å². The van der Waals surface area contributed by atoms with E-state index in [0.717, 1.165) is 0 Å². The molecule has 2 rings (SSSR count). The summed E-state index contributed by atoms with van der Waals surface area (Å²) < 4.78 is 4.05. The third-order valence-electron chi connectivity index (χ3n) is 1.29. The summed E-state index contributed by atoms with van der Waals surface area (Å²) in [4.78, 5) is 3.99. The molecular formula is C6H7N3S. The Morgan fingerprint density at radius 2 is 2.50 bits per heavy atom. The number of hydrogen-bond acceptors (Lipinski definition) is 4. The van der Waals surface area contributed by atoms with E-state index in [1.807, 2.05) is 21.7 Å². The molecule has 0 radical (unpaired) electrons. The second kappa shape index (κ2) is 2.05. The third kappa shape index (κ3) is 0.806. The van der Waals surface area contributed by atoms with E-state index in [9.17, 15) is 0 Å². The van der Waals surface area contributed by atoms with Crippen LogP contribution in [0.2, 0.25) is 0 Å². The fraction of sp³-hybridized carbons (Fsp3) is 0.167. The van der Waals surface area contributed by atoms with Crippen molar-refractivity contribution in [3.63, 3.8) is 0 Å². The van der Waals surface area contributed by atoms with Crippen LogP contribution in [0, 0.1) is 0 Å². The van der Waals surface area contributed by atoms with E-state index in [1.165, 1.54) is 5.70 Å². The Bertz CT molecular complexity index is 231. The molecule has 2 aliphatic rings. The van der Waals surface area contributed by atoms with Crippen LogP contribution in [-0.4, -0.2) is 22.0 Å². The fourth-order valence-corrected chi connectivity index (χ4v) is 1.61. The molecule has 0 N–H and O–H groups in total. The van der Waals surface area contributed by atoms with Crippen LogP contribution in [0.5, 0.6) is 0 Å². The molecule has 0 fully saturated rings. The molecule has 0 aromatic heterocycles. The lowest BCUT2D eigenvalue weighted by molar-refractivity contribution is 0.784. The SMILES string of the molecule is CN1C=C2C=CN=CN2S1. The molecule has 0 saturated carbocycles. The molecule has 0 amide bonds. The summed E-state index contributed by atoms with van der Waals surface area (Å²) in [6, 6.07) is 0. The minimum atomic E-state index is 1.18. The van der Waals surface area contributed by atoms with E-state index >= 15 is 0 Å². The number of rotatable bonds is 0. The van der Waals surface area contributed by atoms with Crippen LogP contribution in [0.1, 0.15) is 0 Å². The van der Waals surface area contributed by atoms with Crippen molar-refractivity contribution in [2.24, 2.45) is 4.99 Å². The number of allylic oxidation sites excluding steroid dienone is 1. The predicted octanol–water partition coefficient (Wildman–Crippen LogP) is 1.19. The van der Waals surface area contributed by atoms with E-state index in [4.69, 9.17) is 0 Å². The first kappa shape index (κ1) is 5.85. The second-order valence-corrected chi connectivity index (χ2v) is 3.22. The first-order valence-electron chi connectivity index (χ1n) is 2.98. The van der Waals surface area contributed by atoms with Gasteiger partial charge in [0.2, 0.25) is 0 Å². The maximum atomic E-state index is 3.99. The van der Waals surface area contributed by atoms with Crippen LogP contribution < -0.4 is 0 Å². The van der Waals surface area contributed by atoms with Gasteiger partial charge in [-0.05, 0) is 6.08 Å². The Labute approximate surface area is 64.0 Å². The predicted molar refractivity (Wildman–Crippen MR) is 42.9 cm³/mol. The van der Waals surface area contributed by atoms with Crippen LogP contribution in [-0.2, 0) is 0 Å². The van der Waals surface area contributed by atoms with Gasteiger partial charge < -0.3 is 4.31 Å². The Balaban J connectivity index is 2.29. The molecule has 2 heterocycles. The monoisotopic (exact) mass is 153 g/mol. The highest BCUT2D eigenvalue weighted by Gasteiger charge is 2.17. The Morgan fingerprint density at radius 1 is 1.60 bits per heavy atom. The highest BCUT2D eigenvalue weighted by molar-refractivity contribution is 7.95. The smallest absolute Gasteiger partial charge is 0.107 e. The lowest BCUT2D eigenvalue weighted by atomic mass is 10.4. The van der Waals surface area contributed by atoms with Crippen LogP contribution in [0.15, 0.2) is 29.2 Å². The molecule has 0 atom stereocenters. The van der Waals surface area contributed by atoms with Gasteiger partial charge in [-0.2, -0.15) is 0 Å². The number of aliphatic imine (C=N–C) groups is 1. The quantitative estimate of drug-likeness (QED) is 0.487. The molecule has 0 spiro atoms. The van der Waals surface area contributed by atoms with Gasteiger partial charge in [0.25, 0.3) is 0 Å². The largest absolute Gasteiger partial charge is 0.306 e. The van der Waals surface area contributed by atoms with Gasteiger partial charge in [0, 0.05) is 19.4 Å². The standard InChI is InChI=1S/C6H7N3S/c1-8-4-6-2-3-7-5-9(6)10-8/h2-5H,1H3. The van der Waals surface area contributed by atoms with Crippen molar-refractivity contribution >= 4 is 18.5 Å². The van der Waals surface area contributed by atoms with Crippen molar-refractivity contribution in [1.29, 1.82) is 0 Å². The van der Waals surface area contributed by atoms with Gasteiger partial charge in [0.15, 0.2) is 0 Å². The minimum absolute atomic E-state index is 1.18. The number of hydrogen-bond donors (Lipinski definition) is 0. The Kier molecular flexibility index (Phi) is 1.20. The van der Waals surface area contributed by atoms with Crippen molar-refractivity contribution in [3.8, 4) is 0 Å². The maximum absolute atomic E-state index is 3.99. The Morgan fingerprint density at radius 3 is 3.30 bits per heavy atom. The van der Waals surface area contributed by atoms with Crippen molar-refractivity contribution in [2.75, 3.05) is 7.05 Å². The third-order valence-corrected chi connectivity index (χ3v) is 2.13. The van der Waals surface area contributed by atoms with Crippen LogP contribution in [0.4, 0.5) is 0 Å². The summed E-state index contributed by atoms with van der Waals surface area (Å²) in [5.74, 6) is 0. The van der Waals surface area contributed by atoms with Gasteiger partial charge in [-0.1, -0.05) is 0 Å². The van der Waals surface area contributed by atoms with Gasteiger partial charge in [0.1, 0.15) is 6.34 Å². The highest BCUT2D eigenvalue weighted by Crippen LogP contribution is 2.28. The molecule has 0 aromatic carbocycles. The Hall–Kier alpha value is -0.900. The molecule has 0 unspecified atom stereocenters. The lowest BCUT2D eigenvalue weighted by Gasteiger charge is -2.13. The average Bonchev–Trinajstić information content (AvgIpc) is 2.27. The van der Waals surface area contributed by atoms with Crippen LogP contribution in [0.3, 0.4) is 0 Å². The zero-order valence-electron chi connectivity index (χ0n) is 5.56. The first-order chi connectivity index (χ1) is 4.86. The summed E-state index contributed by atoms with van der Waals surface area (Å²) in [6.07, 6.45) is 7.64. The minimum Gasteiger partial charge on any atom is -0.306 e. The van der Waals surface area contributed by atoms with E-state index in [-0.39, 0.29) is 0 Å². The molecule has 10 heavy (non-hydrogen) atoms. The van der Waals surface area contributed by atoms with Crippen molar-refractivity contribution in [2.45, 2.75) is 0 Å². The van der Waals surface area contributed by atoms with Gasteiger partial charge in [-0.25, -0.2) is 4.99 Å². The maximum Gasteiger partial charge on any atom is 0.107 e. The fourth-order valence-electron chi connectivity index (χ4n) is 0.875. The molecule has 0 aliphatic carbocycles. The number of nitrogens with zero attached hydrogens (tertiary/aromatic N) is 3. The summed E-state index contributed by atoms with van der Waals surface area (Å²) in [7, 11) is 2.01. The zero-order valence-corrected chi connectivity index (χ0v) is 6.38. The first-order valence-corrected chi connectivity index (χ1v) is 3.71. The van der Waals surface area contributed by atoms with Crippen molar-refractivity contribution in [1.82, 2.24) is 8.61 Å². The zero-order chi connectivity index (χ0) is 6.97. The summed E-state index contributed by atoms with van der Waals surface area (Å²) >= 11 is 1.62. The van der Waals surface area contributed by atoms with E-state index in [0.29, 0.717) is 0 Å². The molecule has 0 bridgehead atoms. The summed E-state index contributed by atoms with van der Waals surface area (Å²) in [5.41, 5.74) is 1.18. The van der Waals surface area contributed by atoms with Crippen LogP contribution >= 0.6 is 12.1 Å². The van der Waals surface area contributed by atoms with Gasteiger partial charge >= 0.3 is 0 Å². The molecular weight excluding hydrogens is 146 g/mol. The highest BCUT2D eigenvalue weighted by atomic mass is 32.2. The molecule has 52 valence electrons. The molecule has 3 nitrogen and oxygen atoms in total. The molecule has 0 saturated heterocycles.